The van der Waals surface area contributed by atoms with Gasteiger partial charge in [0.05, 0.1) is 12.1 Å². The van der Waals surface area contributed by atoms with E-state index in [-0.39, 0.29) is 17.6 Å². The molecule has 0 radical (unpaired) electrons. The first-order chi connectivity index (χ1) is 7.00. The summed E-state index contributed by atoms with van der Waals surface area (Å²) in [5.41, 5.74) is 0. The molecule has 0 aromatic rings. The minimum atomic E-state index is -0.437. The molecular formula is C10H16N2O3. The normalized spacial score (nSPS) is 25.9. The highest BCUT2D eigenvalue weighted by atomic mass is 16.2. The van der Waals surface area contributed by atoms with Crippen LogP contribution in [0.1, 0.15) is 33.1 Å². The van der Waals surface area contributed by atoms with Crippen LogP contribution in [-0.2, 0) is 14.4 Å². The molecule has 2 amide bonds. The van der Waals surface area contributed by atoms with Crippen LogP contribution in [0.15, 0.2) is 0 Å². The van der Waals surface area contributed by atoms with Crippen LogP contribution in [0.5, 0.6) is 0 Å². The maximum atomic E-state index is 11.8. The van der Waals surface area contributed by atoms with E-state index in [9.17, 15) is 14.4 Å². The maximum absolute atomic E-state index is 11.8. The number of nitrogens with one attached hydrogen (secondary N) is 2. The molecule has 1 saturated carbocycles. The van der Waals surface area contributed by atoms with Crippen LogP contribution in [0.2, 0.25) is 0 Å². The van der Waals surface area contributed by atoms with Crippen molar-refractivity contribution in [3.63, 3.8) is 0 Å². The van der Waals surface area contributed by atoms with Crippen molar-refractivity contribution in [3.8, 4) is 0 Å². The highest BCUT2D eigenvalue weighted by molar-refractivity contribution is 5.95. The van der Waals surface area contributed by atoms with E-state index >= 15 is 0 Å². The Balaban J connectivity index is 2.58. The average Bonchev–Trinajstić information content (AvgIpc) is 2.10. The Kier molecular flexibility index (Phi) is 3.82. The van der Waals surface area contributed by atoms with Crippen molar-refractivity contribution < 1.29 is 14.4 Å². The number of Topliss-reactive ketones (excluding diaryl/α,β-unsaturated/α-hetero) is 1. The van der Waals surface area contributed by atoms with Crippen LogP contribution >= 0.6 is 0 Å². The molecule has 0 aliphatic heterocycles. The summed E-state index contributed by atoms with van der Waals surface area (Å²) < 4.78 is 0. The summed E-state index contributed by atoms with van der Waals surface area (Å²) in [6.45, 7) is 2.77. The van der Waals surface area contributed by atoms with E-state index in [0.29, 0.717) is 12.8 Å². The van der Waals surface area contributed by atoms with Crippen molar-refractivity contribution in [2.75, 3.05) is 0 Å². The van der Waals surface area contributed by atoms with Gasteiger partial charge >= 0.3 is 0 Å². The molecule has 2 N–H and O–H groups in total. The fourth-order valence-electron chi connectivity index (χ4n) is 1.83. The van der Waals surface area contributed by atoms with Gasteiger partial charge in [0.15, 0.2) is 5.78 Å². The number of ketones is 1. The van der Waals surface area contributed by atoms with E-state index in [4.69, 9.17) is 0 Å². The summed E-state index contributed by atoms with van der Waals surface area (Å²) in [6, 6.07) is -0.874. The predicted molar refractivity (Wildman–Crippen MR) is 54.1 cm³/mol. The van der Waals surface area contributed by atoms with Crippen molar-refractivity contribution in [1.82, 2.24) is 10.6 Å². The summed E-state index contributed by atoms with van der Waals surface area (Å²) >= 11 is 0. The third kappa shape index (κ3) is 3.34. The summed E-state index contributed by atoms with van der Waals surface area (Å²) in [4.78, 5) is 33.4. The van der Waals surface area contributed by atoms with Crippen molar-refractivity contribution in [2.45, 2.75) is 45.2 Å². The van der Waals surface area contributed by atoms with Gasteiger partial charge in [-0.05, 0) is 19.3 Å². The second-order valence-corrected chi connectivity index (χ2v) is 3.84. The summed E-state index contributed by atoms with van der Waals surface area (Å²) in [5.74, 6) is -0.514. The molecule has 0 aromatic heterocycles. The van der Waals surface area contributed by atoms with Crippen molar-refractivity contribution in [3.05, 3.63) is 0 Å². The molecule has 2 atom stereocenters. The van der Waals surface area contributed by atoms with Gasteiger partial charge in [-0.3, -0.25) is 14.4 Å². The molecule has 1 aliphatic rings. The van der Waals surface area contributed by atoms with Crippen LogP contribution in [0.4, 0.5) is 0 Å². The van der Waals surface area contributed by atoms with Gasteiger partial charge in [0.2, 0.25) is 11.8 Å². The van der Waals surface area contributed by atoms with Gasteiger partial charge in [-0.2, -0.15) is 0 Å². The third-order valence-corrected chi connectivity index (χ3v) is 2.43. The molecular weight excluding hydrogens is 196 g/mol. The number of amides is 2. The highest BCUT2D eigenvalue weighted by Gasteiger charge is 2.31. The first kappa shape index (κ1) is 11.7. The van der Waals surface area contributed by atoms with Crippen LogP contribution in [0.25, 0.3) is 0 Å². The van der Waals surface area contributed by atoms with E-state index in [1.165, 1.54) is 13.8 Å². The Morgan fingerprint density at radius 1 is 1.07 bits per heavy atom. The van der Waals surface area contributed by atoms with E-state index < -0.39 is 12.1 Å². The molecule has 0 saturated heterocycles. The Hall–Kier alpha value is -1.39. The van der Waals surface area contributed by atoms with E-state index in [2.05, 4.69) is 10.6 Å². The largest absolute Gasteiger partial charge is 0.346 e. The van der Waals surface area contributed by atoms with Gasteiger partial charge < -0.3 is 10.6 Å². The maximum Gasteiger partial charge on any atom is 0.217 e. The summed E-state index contributed by atoms with van der Waals surface area (Å²) in [7, 11) is 0. The Morgan fingerprint density at radius 2 is 1.47 bits per heavy atom. The summed E-state index contributed by atoms with van der Waals surface area (Å²) in [5, 5.41) is 5.19. The molecule has 1 aliphatic carbocycles. The van der Waals surface area contributed by atoms with Crippen LogP contribution < -0.4 is 10.6 Å². The minimum Gasteiger partial charge on any atom is -0.346 e. The second-order valence-electron chi connectivity index (χ2n) is 3.84. The Labute approximate surface area is 88.6 Å². The van der Waals surface area contributed by atoms with Gasteiger partial charge in [0.1, 0.15) is 0 Å². The van der Waals surface area contributed by atoms with Crippen molar-refractivity contribution >= 4 is 17.6 Å². The SMILES string of the molecule is CC(=O)NC1CCCC(NC(C)=O)C1=O. The fraction of sp³-hybridized carbons (Fsp3) is 0.700. The smallest absolute Gasteiger partial charge is 0.217 e. The molecule has 1 fully saturated rings. The lowest BCUT2D eigenvalue weighted by atomic mass is 9.89. The van der Waals surface area contributed by atoms with Gasteiger partial charge in [0, 0.05) is 13.8 Å². The van der Waals surface area contributed by atoms with Crippen LogP contribution in [0, 0.1) is 0 Å². The monoisotopic (exact) mass is 212 g/mol. The van der Waals surface area contributed by atoms with Crippen LogP contribution in [-0.4, -0.2) is 29.7 Å². The number of carbonyl (C=O) groups is 3. The summed E-state index contributed by atoms with van der Waals surface area (Å²) in [6.07, 6.45) is 2.16. The molecule has 0 aromatic carbocycles. The van der Waals surface area contributed by atoms with Gasteiger partial charge in [0.25, 0.3) is 0 Å². The second kappa shape index (κ2) is 4.91. The lowest BCUT2D eigenvalue weighted by Crippen LogP contribution is -2.53. The predicted octanol–water partition coefficient (Wildman–Crippen LogP) is -0.251. The lowest BCUT2D eigenvalue weighted by molar-refractivity contribution is -0.131. The van der Waals surface area contributed by atoms with Crippen molar-refractivity contribution in [2.24, 2.45) is 0 Å². The lowest BCUT2D eigenvalue weighted by Gasteiger charge is -2.28. The molecule has 0 bridgehead atoms. The van der Waals surface area contributed by atoms with Gasteiger partial charge in [-0.1, -0.05) is 0 Å². The number of hydrogen-bond acceptors (Lipinski definition) is 3. The van der Waals surface area contributed by atoms with Crippen molar-refractivity contribution in [1.29, 1.82) is 0 Å². The standard InChI is InChI=1S/C10H16N2O3/c1-6(13)11-8-4-3-5-9(10(8)15)12-7(2)14/h8-9H,3-5H2,1-2H3,(H,11,13)(H,12,14). The zero-order valence-corrected chi connectivity index (χ0v) is 9.00. The first-order valence-corrected chi connectivity index (χ1v) is 5.08. The van der Waals surface area contributed by atoms with E-state index in [0.717, 1.165) is 6.42 Å². The zero-order chi connectivity index (χ0) is 11.4. The van der Waals surface area contributed by atoms with Gasteiger partial charge in [-0.25, -0.2) is 0 Å². The molecule has 5 heteroatoms. The topological polar surface area (TPSA) is 75.3 Å². The quantitative estimate of drug-likeness (QED) is 0.662. The fourth-order valence-corrected chi connectivity index (χ4v) is 1.83. The van der Waals surface area contributed by atoms with E-state index in [1.807, 2.05) is 0 Å². The molecule has 5 nitrogen and oxygen atoms in total. The number of rotatable bonds is 2. The molecule has 2 unspecified atom stereocenters. The number of hydrogen-bond donors (Lipinski definition) is 2. The highest BCUT2D eigenvalue weighted by Crippen LogP contribution is 2.15. The molecule has 0 heterocycles. The average molecular weight is 212 g/mol. The first-order valence-electron chi connectivity index (χ1n) is 5.08. The Morgan fingerprint density at radius 3 is 1.80 bits per heavy atom. The molecule has 84 valence electrons. The Bertz CT molecular complexity index is 262. The molecule has 15 heavy (non-hydrogen) atoms. The third-order valence-electron chi connectivity index (χ3n) is 2.43. The van der Waals surface area contributed by atoms with Crippen LogP contribution in [0.3, 0.4) is 0 Å². The number of carbonyl (C=O) groups excluding carboxylic acids is 3. The van der Waals surface area contributed by atoms with E-state index in [1.54, 1.807) is 0 Å². The van der Waals surface area contributed by atoms with Gasteiger partial charge in [-0.15, -0.1) is 0 Å². The molecule has 1 rings (SSSR count). The minimum absolute atomic E-state index is 0.0911. The zero-order valence-electron chi connectivity index (χ0n) is 9.00. The molecule has 0 spiro atoms.